The Balaban J connectivity index is 5.22. The largest absolute Gasteiger partial charge is 0.472 e. The first kappa shape index (κ1) is 87.1. The minimum Gasteiger partial charge on any atom is -0.462 e. The Bertz CT molecular complexity index is 1750. The lowest BCUT2D eigenvalue weighted by Gasteiger charge is -2.21. The summed E-state index contributed by atoms with van der Waals surface area (Å²) >= 11 is 0. The van der Waals surface area contributed by atoms with E-state index in [0.717, 1.165) is 114 Å². The van der Waals surface area contributed by atoms with Gasteiger partial charge in [0, 0.05) is 25.7 Å². The normalized spacial score (nSPS) is 14.5. The molecule has 0 bridgehead atoms. The topological polar surface area (TPSA) is 237 Å². The fourth-order valence-electron chi connectivity index (χ4n) is 10.5. The van der Waals surface area contributed by atoms with Gasteiger partial charge in [-0.25, -0.2) is 9.13 Å². The highest BCUT2D eigenvalue weighted by atomic mass is 31.2. The molecule has 528 valence electrons. The summed E-state index contributed by atoms with van der Waals surface area (Å²) < 4.78 is 68.2. The number of aliphatic hydroxyl groups is 1. The molecule has 0 rings (SSSR count). The minimum atomic E-state index is -4.95. The van der Waals surface area contributed by atoms with Gasteiger partial charge in [-0.1, -0.05) is 299 Å². The zero-order chi connectivity index (χ0) is 65.9. The highest BCUT2D eigenvalue weighted by molar-refractivity contribution is 7.47. The van der Waals surface area contributed by atoms with E-state index in [1.54, 1.807) is 0 Å². The number of aliphatic hydroxyl groups excluding tert-OH is 1. The van der Waals surface area contributed by atoms with Crippen LogP contribution in [0.5, 0.6) is 0 Å². The Labute approximate surface area is 543 Å². The van der Waals surface area contributed by atoms with Gasteiger partial charge in [-0.3, -0.25) is 37.3 Å². The number of phosphoric acid groups is 2. The highest BCUT2D eigenvalue weighted by Crippen LogP contribution is 2.45. The van der Waals surface area contributed by atoms with E-state index in [1.807, 2.05) is 0 Å². The summed E-state index contributed by atoms with van der Waals surface area (Å²) in [5.74, 6) is 0.179. The lowest BCUT2D eigenvalue weighted by Crippen LogP contribution is -2.30. The lowest BCUT2D eigenvalue weighted by molar-refractivity contribution is -0.161. The molecule has 0 radical (unpaired) electrons. The third-order valence-electron chi connectivity index (χ3n) is 16.5. The van der Waals surface area contributed by atoms with Crippen LogP contribution in [0.2, 0.25) is 0 Å². The molecule has 0 aromatic heterocycles. The molecule has 0 aromatic carbocycles. The second kappa shape index (κ2) is 61.0. The van der Waals surface area contributed by atoms with E-state index in [2.05, 4.69) is 48.5 Å². The van der Waals surface area contributed by atoms with Crippen molar-refractivity contribution in [3.8, 4) is 0 Å². The van der Waals surface area contributed by atoms with Gasteiger partial charge < -0.3 is 33.8 Å². The summed E-state index contributed by atoms with van der Waals surface area (Å²) in [4.78, 5) is 72.5. The van der Waals surface area contributed by atoms with Crippen LogP contribution in [0.1, 0.15) is 350 Å². The molecule has 89 heavy (non-hydrogen) atoms. The molecule has 0 saturated heterocycles. The number of esters is 4. The summed E-state index contributed by atoms with van der Waals surface area (Å²) in [5, 5.41) is 10.6. The van der Waals surface area contributed by atoms with Crippen LogP contribution in [0.25, 0.3) is 0 Å². The second-order valence-electron chi connectivity index (χ2n) is 26.5. The first-order chi connectivity index (χ1) is 42.8. The summed E-state index contributed by atoms with van der Waals surface area (Å²) in [5.41, 5.74) is 0. The van der Waals surface area contributed by atoms with Gasteiger partial charge in [-0.2, -0.15) is 0 Å². The van der Waals surface area contributed by atoms with Crippen LogP contribution < -0.4 is 0 Å². The lowest BCUT2D eigenvalue weighted by atomic mass is 9.99. The van der Waals surface area contributed by atoms with Crippen molar-refractivity contribution in [2.24, 2.45) is 17.8 Å². The number of hydrogen-bond acceptors (Lipinski definition) is 15. The molecule has 0 spiro atoms. The van der Waals surface area contributed by atoms with Crippen molar-refractivity contribution in [3.05, 3.63) is 0 Å². The van der Waals surface area contributed by atoms with Gasteiger partial charge in [-0.05, 0) is 43.4 Å². The molecule has 0 aromatic rings. The van der Waals surface area contributed by atoms with E-state index in [9.17, 15) is 43.2 Å². The van der Waals surface area contributed by atoms with E-state index in [0.29, 0.717) is 25.7 Å². The van der Waals surface area contributed by atoms with Gasteiger partial charge in [0.05, 0.1) is 26.4 Å². The average molecular weight is 1310 g/mol. The van der Waals surface area contributed by atoms with E-state index < -0.39 is 97.5 Å². The van der Waals surface area contributed by atoms with Crippen LogP contribution in [0, 0.1) is 17.8 Å². The van der Waals surface area contributed by atoms with E-state index >= 15 is 0 Å². The summed E-state index contributed by atoms with van der Waals surface area (Å²) in [6.07, 6.45) is 44.4. The third-order valence-corrected chi connectivity index (χ3v) is 18.4. The molecule has 0 aliphatic rings. The Hall–Kier alpha value is -1.94. The van der Waals surface area contributed by atoms with Crippen LogP contribution in [-0.2, 0) is 65.4 Å². The van der Waals surface area contributed by atoms with Crippen molar-refractivity contribution in [1.29, 1.82) is 0 Å². The van der Waals surface area contributed by atoms with Gasteiger partial charge in [0.2, 0.25) is 0 Å². The Morgan fingerprint density at radius 3 is 0.854 bits per heavy atom. The molecule has 17 nitrogen and oxygen atoms in total. The molecule has 0 fully saturated rings. The number of hydrogen-bond donors (Lipinski definition) is 3. The third kappa shape index (κ3) is 63.2. The fourth-order valence-corrected chi connectivity index (χ4v) is 12.1. The van der Waals surface area contributed by atoms with Crippen molar-refractivity contribution >= 4 is 39.5 Å². The standard InChI is InChI=1S/C70H136O17P2/c1-8-10-11-12-13-30-37-44-51-67(72)80-57-65(87-70(75)54-47-40-33-26-25-29-36-43-50-63(7)9-2)59-84-88(76,77)82-55-64(71)56-83-89(78,79)85-60-66(58-81-68(73)52-45-38-31-24-20-22-28-35-42-49-62(5)6)86-69(74)53-46-39-32-23-19-17-15-14-16-18-21-27-34-41-48-61(3)4/h61-66,71H,8-60H2,1-7H3,(H,76,77)(H,78,79)/t63?,64-,65+,66+/m0/s1. The summed E-state index contributed by atoms with van der Waals surface area (Å²) in [6.45, 7) is 11.8. The molecule has 3 N–H and O–H groups in total. The highest BCUT2D eigenvalue weighted by Gasteiger charge is 2.30. The molecular formula is C70H136O17P2. The maximum absolute atomic E-state index is 13.0. The minimum absolute atomic E-state index is 0.104. The zero-order valence-corrected chi connectivity index (χ0v) is 59.7. The van der Waals surface area contributed by atoms with E-state index in [-0.39, 0.29) is 25.7 Å². The monoisotopic (exact) mass is 1310 g/mol. The van der Waals surface area contributed by atoms with Gasteiger partial charge in [-0.15, -0.1) is 0 Å². The van der Waals surface area contributed by atoms with Crippen LogP contribution in [0.15, 0.2) is 0 Å². The van der Waals surface area contributed by atoms with Crippen LogP contribution in [0.4, 0.5) is 0 Å². The molecule has 0 aliphatic heterocycles. The van der Waals surface area contributed by atoms with Crippen LogP contribution in [-0.4, -0.2) is 96.7 Å². The molecule has 19 heteroatoms. The van der Waals surface area contributed by atoms with Crippen LogP contribution in [0.3, 0.4) is 0 Å². The van der Waals surface area contributed by atoms with E-state index in [1.165, 1.54) is 154 Å². The maximum Gasteiger partial charge on any atom is 0.472 e. The first-order valence-corrected chi connectivity index (χ1v) is 39.4. The Morgan fingerprint density at radius 1 is 0.326 bits per heavy atom. The predicted octanol–water partition coefficient (Wildman–Crippen LogP) is 19.8. The smallest absolute Gasteiger partial charge is 0.462 e. The van der Waals surface area contributed by atoms with Gasteiger partial charge in [0.15, 0.2) is 12.2 Å². The van der Waals surface area contributed by atoms with Crippen molar-refractivity contribution in [1.82, 2.24) is 0 Å². The molecule has 0 amide bonds. The summed E-state index contributed by atoms with van der Waals surface area (Å²) in [6, 6.07) is 0. The van der Waals surface area contributed by atoms with E-state index in [4.69, 9.17) is 37.0 Å². The number of unbranched alkanes of at least 4 members (excludes halogenated alkanes) is 35. The van der Waals surface area contributed by atoms with Crippen molar-refractivity contribution < 1.29 is 80.2 Å². The number of ether oxygens (including phenoxy) is 4. The average Bonchev–Trinajstić information content (AvgIpc) is 3.68. The Kier molecular flexibility index (Phi) is 59.6. The number of carbonyl (C=O) groups is 4. The van der Waals surface area contributed by atoms with Gasteiger partial charge >= 0.3 is 39.5 Å². The molecule has 3 unspecified atom stereocenters. The van der Waals surface area contributed by atoms with Gasteiger partial charge in [0.25, 0.3) is 0 Å². The van der Waals surface area contributed by atoms with Crippen LogP contribution >= 0.6 is 15.6 Å². The quantitative estimate of drug-likeness (QED) is 0.0222. The van der Waals surface area contributed by atoms with Crippen molar-refractivity contribution in [3.63, 3.8) is 0 Å². The number of carbonyl (C=O) groups excluding carboxylic acids is 4. The molecule has 0 heterocycles. The van der Waals surface area contributed by atoms with Crippen molar-refractivity contribution in [2.75, 3.05) is 39.6 Å². The summed E-state index contributed by atoms with van der Waals surface area (Å²) in [7, 11) is -9.90. The molecule has 0 aliphatic carbocycles. The fraction of sp³-hybridized carbons (Fsp3) is 0.943. The SMILES string of the molecule is CCCCCCCCCCC(=O)OC[C@H](COP(=O)(O)OC[C@H](O)COP(=O)(O)OC[C@@H](COC(=O)CCCCCCCCCCCC(C)C)OC(=O)CCCCCCCCCCCCCCCCC(C)C)OC(=O)CCCCCCCCCCC(C)CC. The number of rotatable bonds is 68. The maximum atomic E-state index is 13.0. The molecule has 0 saturated carbocycles. The number of phosphoric ester groups is 2. The van der Waals surface area contributed by atoms with Crippen molar-refractivity contribution in [2.45, 2.75) is 369 Å². The zero-order valence-electron chi connectivity index (χ0n) is 57.9. The Morgan fingerprint density at radius 2 is 0.573 bits per heavy atom. The van der Waals surface area contributed by atoms with Gasteiger partial charge in [0.1, 0.15) is 19.3 Å². The first-order valence-electron chi connectivity index (χ1n) is 36.4. The molecule has 6 atom stereocenters. The molecular weight excluding hydrogens is 1170 g/mol. The predicted molar refractivity (Wildman–Crippen MR) is 358 cm³/mol. The second-order valence-corrected chi connectivity index (χ2v) is 29.4.